The van der Waals surface area contributed by atoms with Crippen LogP contribution in [0, 0.1) is 6.92 Å². The van der Waals surface area contributed by atoms with Crippen molar-refractivity contribution < 1.29 is 9.47 Å². The van der Waals surface area contributed by atoms with E-state index in [0.717, 1.165) is 49.7 Å². The molecule has 3 N–H and O–H groups in total. The lowest BCUT2D eigenvalue weighted by Gasteiger charge is -2.26. The van der Waals surface area contributed by atoms with Crippen LogP contribution in [0.5, 0.6) is 0 Å². The summed E-state index contributed by atoms with van der Waals surface area (Å²) in [6.45, 7) is 6.98. The fourth-order valence-corrected chi connectivity index (χ4v) is 2.08. The Morgan fingerprint density at radius 1 is 1.14 bits per heavy atom. The number of nitrogens with zero attached hydrogens (tertiary/aromatic N) is 3. The number of nitrogen functional groups attached to an aromatic ring is 1. The molecule has 0 aliphatic heterocycles. The number of anilines is 2. The predicted octanol–water partition coefficient (Wildman–Crippen LogP) is 1.12. The monoisotopic (exact) mass is 297 g/mol. The summed E-state index contributed by atoms with van der Waals surface area (Å²) in [4.78, 5) is 11.2. The van der Waals surface area contributed by atoms with E-state index in [9.17, 15) is 0 Å². The summed E-state index contributed by atoms with van der Waals surface area (Å²) < 4.78 is 10.3. The first-order chi connectivity index (χ1) is 10.2. The van der Waals surface area contributed by atoms with Crippen LogP contribution < -0.4 is 16.2 Å². The quantitative estimate of drug-likeness (QED) is 0.380. The molecule has 0 spiro atoms. The van der Waals surface area contributed by atoms with E-state index in [0.29, 0.717) is 12.4 Å². The van der Waals surface area contributed by atoms with Crippen LogP contribution in [0.1, 0.15) is 24.7 Å². The van der Waals surface area contributed by atoms with E-state index in [1.54, 1.807) is 14.2 Å². The lowest BCUT2D eigenvalue weighted by Crippen LogP contribution is -2.31. The average molecular weight is 297 g/mol. The molecular weight excluding hydrogens is 270 g/mol. The van der Waals surface area contributed by atoms with Crippen molar-refractivity contribution in [3.05, 3.63) is 11.4 Å². The Balaban J connectivity index is 3.02. The zero-order chi connectivity index (χ0) is 15.7. The molecule has 1 rings (SSSR count). The van der Waals surface area contributed by atoms with E-state index in [4.69, 9.17) is 15.3 Å². The van der Waals surface area contributed by atoms with Gasteiger partial charge < -0.3 is 19.8 Å². The van der Waals surface area contributed by atoms with Crippen LogP contribution in [0.4, 0.5) is 11.6 Å². The van der Waals surface area contributed by atoms with E-state index < -0.39 is 0 Å². The fraction of sp³-hybridized carbons (Fsp3) is 0.714. The molecule has 0 fully saturated rings. The van der Waals surface area contributed by atoms with Crippen molar-refractivity contribution in [3.8, 4) is 0 Å². The molecule has 0 atom stereocenters. The predicted molar refractivity (Wildman–Crippen MR) is 84.5 cm³/mol. The molecule has 0 aliphatic carbocycles. The molecule has 0 amide bonds. The smallest absolute Gasteiger partial charge is 0.148 e. The van der Waals surface area contributed by atoms with Crippen molar-refractivity contribution >= 4 is 11.6 Å². The number of nitrogens with one attached hydrogen (secondary N) is 1. The molecule has 0 unspecified atom stereocenters. The molecule has 1 aromatic heterocycles. The number of aryl methyl sites for hydroxylation is 1. The normalized spacial score (nSPS) is 10.7. The molecule has 1 heterocycles. The summed E-state index contributed by atoms with van der Waals surface area (Å²) in [7, 11) is 3.41. The molecule has 1 aromatic rings. The van der Waals surface area contributed by atoms with Crippen molar-refractivity contribution in [2.75, 3.05) is 50.8 Å². The Morgan fingerprint density at radius 3 is 2.43 bits per heavy atom. The summed E-state index contributed by atoms with van der Waals surface area (Å²) in [6.07, 6.45) is 1.69. The first kappa shape index (κ1) is 17.6. The summed E-state index contributed by atoms with van der Waals surface area (Å²) in [6, 6.07) is 0. The Bertz CT molecular complexity index is 428. The number of hydrogen-bond acceptors (Lipinski definition) is 7. The Labute approximate surface area is 126 Å². The second-order valence-corrected chi connectivity index (χ2v) is 4.76. The molecule has 0 aliphatic rings. The topological polar surface area (TPSA) is 85.5 Å². The Hall–Kier alpha value is -1.44. The maximum absolute atomic E-state index is 5.56. The van der Waals surface area contributed by atoms with E-state index >= 15 is 0 Å². The second-order valence-electron chi connectivity index (χ2n) is 4.76. The van der Waals surface area contributed by atoms with Gasteiger partial charge in [0.15, 0.2) is 0 Å². The molecule has 7 heteroatoms. The van der Waals surface area contributed by atoms with Crippen LogP contribution in [0.3, 0.4) is 0 Å². The summed E-state index contributed by atoms with van der Waals surface area (Å²) >= 11 is 0. The highest BCUT2D eigenvalue weighted by Gasteiger charge is 2.15. The zero-order valence-electron chi connectivity index (χ0n) is 13.5. The number of aromatic nitrogens is 2. The van der Waals surface area contributed by atoms with E-state index in [1.807, 2.05) is 13.8 Å². The summed E-state index contributed by atoms with van der Waals surface area (Å²) in [5.74, 6) is 7.91. The molecular formula is C14H27N5O2. The van der Waals surface area contributed by atoms with Crippen LogP contribution in [0.15, 0.2) is 0 Å². The van der Waals surface area contributed by atoms with Gasteiger partial charge in [-0.15, -0.1) is 0 Å². The third kappa shape index (κ3) is 5.11. The van der Waals surface area contributed by atoms with Crippen LogP contribution in [0.25, 0.3) is 0 Å². The van der Waals surface area contributed by atoms with Gasteiger partial charge in [0.25, 0.3) is 0 Å². The molecule has 120 valence electrons. The van der Waals surface area contributed by atoms with Gasteiger partial charge in [-0.25, -0.2) is 15.8 Å². The van der Waals surface area contributed by atoms with Crippen LogP contribution in [-0.2, 0) is 15.9 Å². The standard InChI is InChI=1S/C14H27N5O2/c1-5-12-16-13(18-15)11(2)14(17-12)19(8-10-21-4)7-6-9-20-3/h5-10,15H2,1-4H3,(H,16,17,18). The van der Waals surface area contributed by atoms with Crippen molar-refractivity contribution in [3.63, 3.8) is 0 Å². The second kappa shape index (κ2) is 9.49. The molecule has 0 aromatic carbocycles. The van der Waals surface area contributed by atoms with Crippen LogP contribution in [0.2, 0.25) is 0 Å². The number of hydrazine groups is 1. The average Bonchev–Trinajstić information content (AvgIpc) is 2.51. The Morgan fingerprint density at radius 2 is 1.86 bits per heavy atom. The van der Waals surface area contributed by atoms with Crippen LogP contribution in [-0.4, -0.2) is 50.5 Å². The van der Waals surface area contributed by atoms with Crippen LogP contribution >= 0.6 is 0 Å². The highest BCUT2D eigenvalue weighted by molar-refractivity contribution is 5.58. The molecule has 21 heavy (non-hydrogen) atoms. The zero-order valence-corrected chi connectivity index (χ0v) is 13.5. The maximum atomic E-state index is 5.56. The molecule has 0 bridgehead atoms. The minimum atomic E-state index is 0.642. The summed E-state index contributed by atoms with van der Waals surface area (Å²) in [5.41, 5.74) is 3.60. The lowest BCUT2D eigenvalue weighted by atomic mass is 10.2. The van der Waals surface area contributed by atoms with Gasteiger partial charge in [-0.05, 0) is 13.3 Å². The highest BCUT2D eigenvalue weighted by Crippen LogP contribution is 2.23. The summed E-state index contributed by atoms with van der Waals surface area (Å²) in [5, 5.41) is 0. The van der Waals surface area contributed by atoms with E-state index in [1.165, 1.54) is 0 Å². The number of rotatable bonds is 10. The van der Waals surface area contributed by atoms with Gasteiger partial charge in [0.2, 0.25) is 0 Å². The van der Waals surface area contributed by atoms with Crippen molar-refractivity contribution in [1.29, 1.82) is 0 Å². The van der Waals surface area contributed by atoms with Gasteiger partial charge in [0.1, 0.15) is 17.5 Å². The minimum Gasteiger partial charge on any atom is -0.385 e. The van der Waals surface area contributed by atoms with Crippen molar-refractivity contribution in [1.82, 2.24) is 9.97 Å². The van der Waals surface area contributed by atoms with Gasteiger partial charge in [-0.2, -0.15) is 0 Å². The SMILES string of the molecule is CCc1nc(NN)c(C)c(N(CCCOC)CCOC)n1. The first-order valence-corrected chi connectivity index (χ1v) is 7.24. The van der Waals surface area contributed by atoms with Gasteiger partial charge >= 0.3 is 0 Å². The maximum Gasteiger partial charge on any atom is 0.148 e. The van der Waals surface area contributed by atoms with Gasteiger partial charge in [-0.3, -0.25) is 0 Å². The van der Waals surface area contributed by atoms with Gasteiger partial charge in [0, 0.05) is 45.9 Å². The number of methoxy groups -OCH3 is 2. The number of ether oxygens (including phenoxy) is 2. The molecule has 0 saturated heterocycles. The molecule has 0 radical (unpaired) electrons. The lowest BCUT2D eigenvalue weighted by molar-refractivity contribution is 0.191. The number of nitrogens with two attached hydrogens (primary N) is 1. The fourth-order valence-electron chi connectivity index (χ4n) is 2.08. The first-order valence-electron chi connectivity index (χ1n) is 7.24. The molecule has 7 nitrogen and oxygen atoms in total. The van der Waals surface area contributed by atoms with Crippen molar-refractivity contribution in [2.45, 2.75) is 26.7 Å². The number of hydrogen-bond donors (Lipinski definition) is 2. The molecule has 0 saturated carbocycles. The van der Waals surface area contributed by atoms with Gasteiger partial charge in [0.05, 0.1) is 6.61 Å². The minimum absolute atomic E-state index is 0.642. The third-order valence-electron chi connectivity index (χ3n) is 3.26. The van der Waals surface area contributed by atoms with Gasteiger partial charge in [-0.1, -0.05) is 6.92 Å². The van der Waals surface area contributed by atoms with Crippen molar-refractivity contribution in [2.24, 2.45) is 5.84 Å². The Kier molecular flexibility index (Phi) is 7.96. The third-order valence-corrected chi connectivity index (χ3v) is 3.26. The highest BCUT2D eigenvalue weighted by atomic mass is 16.5. The van der Waals surface area contributed by atoms with E-state index in [2.05, 4.69) is 20.3 Å². The largest absolute Gasteiger partial charge is 0.385 e. The van der Waals surface area contributed by atoms with E-state index in [-0.39, 0.29) is 0 Å².